The SMILES string of the molecule is COc1ccc(C(Cl)C(=O)C(C)=O)cc1Cl. The van der Waals surface area contributed by atoms with Gasteiger partial charge in [-0.3, -0.25) is 9.59 Å². The summed E-state index contributed by atoms with van der Waals surface area (Å²) in [6, 6.07) is 4.71. The minimum absolute atomic E-state index is 0.349. The van der Waals surface area contributed by atoms with Crippen molar-refractivity contribution in [2.75, 3.05) is 7.11 Å². The first kappa shape index (κ1) is 13.0. The Bertz CT molecular complexity index is 429. The van der Waals surface area contributed by atoms with Crippen LogP contribution >= 0.6 is 23.2 Å². The first-order chi connectivity index (χ1) is 7.47. The molecule has 1 atom stereocenters. The first-order valence-corrected chi connectivity index (χ1v) is 5.31. The van der Waals surface area contributed by atoms with E-state index in [4.69, 9.17) is 27.9 Å². The molecular weight excluding hydrogens is 251 g/mol. The lowest BCUT2D eigenvalue weighted by Gasteiger charge is -2.09. The molecule has 0 N–H and O–H groups in total. The van der Waals surface area contributed by atoms with Gasteiger partial charge in [-0.2, -0.15) is 0 Å². The maximum absolute atomic E-state index is 11.4. The van der Waals surface area contributed by atoms with E-state index in [-0.39, 0.29) is 0 Å². The second kappa shape index (κ2) is 5.32. The Morgan fingerprint density at radius 1 is 1.38 bits per heavy atom. The number of carbonyl (C=O) groups excluding carboxylic acids is 2. The molecule has 3 nitrogen and oxygen atoms in total. The van der Waals surface area contributed by atoms with Crippen LogP contribution in [0.4, 0.5) is 0 Å². The van der Waals surface area contributed by atoms with Gasteiger partial charge in [0, 0.05) is 6.92 Å². The zero-order valence-corrected chi connectivity index (χ0v) is 10.3. The van der Waals surface area contributed by atoms with E-state index in [1.54, 1.807) is 12.1 Å². The maximum atomic E-state index is 11.4. The molecule has 0 heterocycles. The van der Waals surface area contributed by atoms with E-state index < -0.39 is 16.9 Å². The van der Waals surface area contributed by atoms with Crippen molar-refractivity contribution in [1.82, 2.24) is 0 Å². The van der Waals surface area contributed by atoms with Gasteiger partial charge in [-0.15, -0.1) is 11.6 Å². The molecule has 0 aliphatic rings. The number of Topliss-reactive ketones (excluding diaryl/α,β-unsaturated/α-hetero) is 2. The molecular formula is C11H10Cl2O3. The van der Waals surface area contributed by atoms with Gasteiger partial charge in [0.2, 0.25) is 5.78 Å². The number of rotatable bonds is 4. The Labute approximate surface area is 103 Å². The summed E-state index contributed by atoms with van der Waals surface area (Å²) in [6.45, 7) is 1.18. The lowest BCUT2D eigenvalue weighted by atomic mass is 10.1. The Morgan fingerprint density at radius 2 is 2.00 bits per heavy atom. The summed E-state index contributed by atoms with van der Waals surface area (Å²) >= 11 is 11.7. The van der Waals surface area contributed by atoms with Gasteiger partial charge in [-0.25, -0.2) is 0 Å². The number of hydrogen-bond donors (Lipinski definition) is 0. The van der Waals surface area contributed by atoms with Crippen molar-refractivity contribution >= 4 is 34.8 Å². The van der Waals surface area contributed by atoms with Gasteiger partial charge in [0.15, 0.2) is 5.78 Å². The van der Waals surface area contributed by atoms with Gasteiger partial charge < -0.3 is 4.74 Å². The fraction of sp³-hybridized carbons (Fsp3) is 0.273. The lowest BCUT2D eigenvalue weighted by Crippen LogP contribution is -2.15. The minimum Gasteiger partial charge on any atom is -0.495 e. The number of ketones is 2. The van der Waals surface area contributed by atoms with Crippen LogP contribution in [0.1, 0.15) is 17.9 Å². The van der Waals surface area contributed by atoms with E-state index >= 15 is 0 Å². The van der Waals surface area contributed by atoms with Crippen molar-refractivity contribution in [2.24, 2.45) is 0 Å². The molecule has 0 saturated heterocycles. The summed E-state index contributed by atoms with van der Waals surface area (Å²) in [5, 5.41) is -0.650. The molecule has 0 aliphatic heterocycles. The summed E-state index contributed by atoms with van der Waals surface area (Å²) in [5.74, 6) is -0.737. The van der Waals surface area contributed by atoms with Gasteiger partial charge in [-0.05, 0) is 17.7 Å². The van der Waals surface area contributed by atoms with Gasteiger partial charge in [0.05, 0.1) is 12.1 Å². The third-order valence-electron chi connectivity index (χ3n) is 2.05. The van der Waals surface area contributed by atoms with Gasteiger partial charge >= 0.3 is 0 Å². The number of benzene rings is 1. The number of carbonyl (C=O) groups is 2. The largest absolute Gasteiger partial charge is 0.495 e. The molecule has 5 heteroatoms. The standard InChI is InChI=1S/C11H10Cl2O3/c1-6(14)11(15)10(13)7-3-4-9(16-2)8(12)5-7/h3-5,10H,1-2H3. The fourth-order valence-electron chi connectivity index (χ4n) is 1.17. The lowest BCUT2D eigenvalue weighted by molar-refractivity contribution is -0.135. The van der Waals surface area contributed by atoms with E-state index in [1.165, 1.54) is 20.1 Å². The third-order valence-corrected chi connectivity index (χ3v) is 2.79. The smallest absolute Gasteiger partial charge is 0.220 e. The van der Waals surface area contributed by atoms with Crippen LogP contribution in [0.15, 0.2) is 18.2 Å². The molecule has 0 spiro atoms. The molecule has 0 radical (unpaired) electrons. The average Bonchev–Trinajstić information content (AvgIpc) is 2.26. The Hall–Kier alpha value is -1.06. The van der Waals surface area contributed by atoms with Crippen molar-refractivity contribution in [3.8, 4) is 5.75 Å². The highest BCUT2D eigenvalue weighted by Crippen LogP contribution is 2.30. The molecule has 0 fully saturated rings. The highest BCUT2D eigenvalue weighted by molar-refractivity contribution is 6.49. The molecule has 1 aromatic carbocycles. The molecule has 1 unspecified atom stereocenters. The second-order valence-corrected chi connectivity index (χ2v) is 4.02. The summed E-state index contributed by atoms with van der Waals surface area (Å²) in [5.41, 5.74) is 0.479. The first-order valence-electron chi connectivity index (χ1n) is 4.49. The van der Waals surface area contributed by atoms with E-state index in [2.05, 4.69) is 0 Å². The molecule has 0 aromatic heterocycles. The predicted octanol–water partition coefficient (Wildman–Crippen LogP) is 2.79. The monoisotopic (exact) mass is 260 g/mol. The summed E-state index contributed by atoms with van der Waals surface area (Å²) in [7, 11) is 1.49. The maximum Gasteiger partial charge on any atom is 0.220 e. The fourth-order valence-corrected chi connectivity index (χ4v) is 1.73. The van der Waals surface area contributed by atoms with Crippen molar-refractivity contribution in [1.29, 1.82) is 0 Å². The van der Waals surface area contributed by atoms with Gasteiger partial charge in [0.1, 0.15) is 11.1 Å². The van der Waals surface area contributed by atoms with Crippen LogP contribution < -0.4 is 4.74 Å². The molecule has 16 heavy (non-hydrogen) atoms. The van der Waals surface area contributed by atoms with Crippen molar-refractivity contribution in [2.45, 2.75) is 12.3 Å². The van der Waals surface area contributed by atoms with Crippen LogP contribution in [0, 0.1) is 0 Å². The highest BCUT2D eigenvalue weighted by atomic mass is 35.5. The van der Waals surface area contributed by atoms with E-state index in [0.717, 1.165) is 0 Å². The quantitative estimate of drug-likeness (QED) is 0.618. The normalized spacial score (nSPS) is 12.0. The highest BCUT2D eigenvalue weighted by Gasteiger charge is 2.22. The molecule has 0 aliphatic carbocycles. The molecule has 86 valence electrons. The van der Waals surface area contributed by atoms with Crippen molar-refractivity contribution < 1.29 is 14.3 Å². The number of halogens is 2. The molecule has 0 bridgehead atoms. The van der Waals surface area contributed by atoms with Crippen LogP contribution in [0.3, 0.4) is 0 Å². The van der Waals surface area contributed by atoms with Crippen LogP contribution in [0.25, 0.3) is 0 Å². The topological polar surface area (TPSA) is 43.4 Å². The van der Waals surface area contributed by atoms with Gasteiger partial charge in [0.25, 0.3) is 0 Å². The minimum atomic E-state index is -0.999. The molecule has 0 saturated carbocycles. The number of hydrogen-bond acceptors (Lipinski definition) is 3. The van der Waals surface area contributed by atoms with Crippen LogP contribution in [-0.2, 0) is 9.59 Å². The van der Waals surface area contributed by atoms with Crippen molar-refractivity contribution in [3.05, 3.63) is 28.8 Å². The summed E-state index contributed by atoms with van der Waals surface area (Å²) in [6.07, 6.45) is 0. The van der Waals surface area contributed by atoms with Crippen molar-refractivity contribution in [3.63, 3.8) is 0 Å². The zero-order valence-electron chi connectivity index (χ0n) is 8.79. The average molecular weight is 261 g/mol. The van der Waals surface area contributed by atoms with E-state index in [1.807, 2.05) is 0 Å². The molecule has 0 amide bonds. The van der Waals surface area contributed by atoms with E-state index in [9.17, 15) is 9.59 Å². The molecule has 1 aromatic rings. The predicted molar refractivity (Wildman–Crippen MR) is 62.3 cm³/mol. The van der Waals surface area contributed by atoms with E-state index in [0.29, 0.717) is 16.3 Å². The van der Waals surface area contributed by atoms with Crippen LogP contribution in [0.2, 0.25) is 5.02 Å². The number of alkyl halides is 1. The summed E-state index contributed by atoms with van der Waals surface area (Å²) < 4.78 is 4.96. The Kier molecular flexibility index (Phi) is 4.33. The van der Waals surface area contributed by atoms with Gasteiger partial charge in [-0.1, -0.05) is 17.7 Å². The number of ether oxygens (including phenoxy) is 1. The van der Waals surface area contributed by atoms with Crippen LogP contribution in [-0.4, -0.2) is 18.7 Å². The third kappa shape index (κ3) is 2.74. The Balaban J connectivity index is 3.01. The van der Waals surface area contributed by atoms with Crippen LogP contribution in [0.5, 0.6) is 5.75 Å². The zero-order chi connectivity index (χ0) is 12.3. The second-order valence-electron chi connectivity index (χ2n) is 3.18. The molecule has 1 rings (SSSR count). The Morgan fingerprint density at radius 3 is 2.44 bits per heavy atom. The summed E-state index contributed by atoms with van der Waals surface area (Å²) in [4.78, 5) is 22.2. The number of methoxy groups -OCH3 is 1.